The van der Waals surface area contributed by atoms with Crippen molar-refractivity contribution in [2.45, 2.75) is 69.7 Å². The van der Waals surface area contributed by atoms with Crippen LogP contribution in [-0.2, 0) is 40.9 Å². The predicted octanol–water partition coefficient (Wildman–Crippen LogP) is 5.05. The van der Waals surface area contributed by atoms with Crippen LogP contribution < -0.4 is 16.4 Å². The molecule has 18 heteroatoms. The number of hydrogen-bond donors (Lipinski definition) is 3. The second kappa shape index (κ2) is 17.5. The highest BCUT2D eigenvalue weighted by molar-refractivity contribution is 6.41. The van der Waals surface area contributed by atoms with Crippen molar-refractivity contribution in [3.8, 4) is 0 Å². The molecule has 1 aromatic heterocycles. The number of aromatic nitrogens is 2. The van der Waals surface area contributed by atoms with E-state index in [1.807, 2.05) is 84.6 Å². The Morgan fingerprint density at radius 1 is 0.821 bits per heavy atom. The minimum atomic E-state index is -5.77. The van der Waals surface area contributed by atoms with Crippen LogP contribution in [0.1, 0.15) is 44.7 Å². The molecule has 3 aromatic carbocycles. The number of halogens is 6. The first kappa shape index (κ1) is 43.1. The number of alkyl halides is 6. The number of nitrogens with two attached hydrogens (primary N) is 1. The lowest BCUT2D eigenvalue weighted by Gasteiger charge is -2.34. The van der Waals surface area contributed by atoms with Gasteiger partial charge in [0.15, 0.2) is 5.82 Å². The highest BCUT2D eigenvalue weighted by Crippen LogP contribution is 2.33. The molecule has 300 valence electrons. The fourth-order valence-electron chi connectivity index (χ4n) is 5.60. The van der Waals surface area contributed by atoms with E-state index in [0.717, 1.165) is 34.7 Å². The summed E-state index contributed by atoms with van der Waals surface area (Å²) in [6.45, 7) is 6.60. The summed E-state index contributed by atoms with van der Waals surface area (Å²) in [5, 5.41) is 7.60. The fourth-order valence-corrected chi connectivity index (χ4v) is 5.60. The monoisotopic (exact) mass is 790 g/mol. The Hall–Kier alpha value is -5.62. The average Bonchev–Trinajstić information content (AvgIpc) is 3.86. The molecular formula is C38H40F6N6O6. The number of amides is 3. The molecule has 12 nitrogen and oxygen atoms in total. The van der Waals surface area contributed by atoms with Gasteiger partial charge in [-0.25, -0.2) is 4.98 Å². The molecule has 0 saturated carbocycles. The minimum Gasteiger partial charge on any atom is -0.374 e. The highest BCUT2D eigenvalue weighted by atomic mass is 19.4. The predicted molar refractivity (Wildman–Crippen MR) is 192 cm³/mol. The van der Waals surface area contributed by atoms with Crippen LogP contribution >= 0.6 is 0 Å². The van der Waals surface area contributed by atoms with Gasteiger partial charge in [-0.1, -0.05) is 66.7 Å². The van der Waals surface area contributed by atoms with Gasteiger partial charge in [-0.2, -0.15) is 26.3 Å². The molecule has 2 atom stereocenters. The number of nitrogens with zero attached hydrogens (tertiary/aromatic N) is 3. The van der Waals surface area contributed by atoms with Crippen molar-refractivity contribution in [3.05, 3.63) is 96.4 Å². The third-order valence-corrected chi connectivity index (χ3v) is 8.80. The maximum absolute atomic E-state index is 14.1. The van der Waals surface area contributed by atoms with Crippen LogP contribution in [0, 0.1) is 0 Å². The normalized spacial score (nSPS) is 14.9. The standard InChI is InChI=1S/C34H40N6O4.C4F6O2/c1-33(2,35)31(42)37-28(22-44-21-24-11-5-4-6-12-24)30(41)38-29-20-40(23-36-29)34(3,32(43)39-17-9-10-18-39)27-16-15-25-13-7-8-14-26(25)19-27;5-3(6,7)1(11)2(12)4(8,9)10/h4-8,11-16,19-20,23,28H,9-10,17-18,21-22,35H2,1-3H3,(H,37,42)(H,38,41);/t28-,34?;/m1./s1. The molecule has 0 aliphatic carbocycles. The second-order valence-electron chi connectivity index (χ2n) is 13.7. The van der Waals surface area contributed by atoms with E-state index in [0.29, 0.717) is 13.1 Å². The van der Waals surface area contributed by atoms with Crippen molar-refractivity contribution in [1.29, 1.82) is 0 Å². The summed E-state index contributed by atoms with van der Waals surface area (Å²) in [6.07, 6.45) is -6.41. The number of likely N-dealkylation sites (tertiary alicyclic amines) is 1. The van der Waals surface area contributed by atoms with Crippen LogP contribution in [-0.4, -0.2) is 87.4 Å². The first-order valence-electron chi connectivity index (χ1n) is 17.2. The largest absolute Gasteiger partial charge is 0.458 e. The maximum Gasteiger partial charge on any atom is 0.458 e. The van der Waals surface area contributed by atoms with Crippen LogP contribution in [0.3, 0.4) is 0 Å². The van der Waals surface area contributed by atoms with E-state index in [2.05, 4.69) is 15.6 Å². The fraction of sp³-hybridized carbons (Fsp3) is 0.368. The van der Waals surface area contributed by atoms with Crippen LogP contribution in [0.15, 0.2) is 85.3 Å². The van der Waals surface area contributed by atoms with Gasteiger partial charge in [0.05, 0.1) is 25.1 Å². The Morgan fingerprint density at radius 2 is 1.39 bits per heavy atom. The van der Waals surface area contributed by atoms with E-state index >= 15 is 0 Å². The molecule has 5 rings (SSSR count). The summed E-state index contributed by atoms with van der Waals surface area (Å²) in [5.74, 6) is -7.62. The number of fused-ring (bicyclic) bond motifs is 1. The van der Waals surface area contributed by atoms with Crippen LogP contribution in [0.4, 0.5) is 32.2 Å². The van der Waals surface area contributed by atoms with Crippen LogP contribution in [0.5, 0.6) is 0 Å². The third-order valence-electron chi connectivity index (χ3n) is 8.80. The summed E-state index contributed by atoms with van der Waals surface area (Å²) in [4.78, 5) is 65.9. The van der Waals surface area contributed by atoms with Gasteiger partial charge in [0.2, 0.25) is 5.91 Å². The van der Waals surface area contributed by atoms with Gasteiger partial charge >= 0.3 is 23.9 Å². The Kier molecular flexibility index (Phi) is 13.4. The van der Waals surface area contributed by atoms with Crippen molar-refractivity contribution in [1.82, 2.24) is 19.8 Å². The topological polar surface area (TPSA) is 166 Å². The first-order chi connectivity index (χ1) is 26.1. The number of rotatable bonds is 12. The van der Waals surface area contributed by atoms with E-state index in [1.54, 1.807) is 30.9 Å². The molecular weight excluding hydrogens is 750 g/mol. The lowest BCUT2D eigenvalue weighted by Crippen LogP contribution is -2.56. The summed E-state index contributed by atoms with van der Waals surface area (Å²) in [7, 11) is 0. The zero-order valence-corrected chi connectivity index (χ0v) is 30.5. The average molecular weight is 791 g/mol. The van der Waals surface area contributed by atoms with Gasteiger partial charge in [-0.3, -0.25) is 24.0 Å². The van der Waals surface area contributed by atoms with Crippen molar-refractivity contribution < 1.29 is 55.1 Å². The summed E-state index contributed by atoms with van der Waals surface area (Å²) in [5.41, 5.74) is 5.43. The summed E-state index contributed by atoms with van der Waals surface area (Å²) >= 11 is 0. The van der Waals surface area contributed by atoms with Crippen molar-refractivity contribution in [2.75, 3.05) is 25.0 Å². The maximum atomic E-state index is 14.1. The van der Waals surface area contributed by atoms with E-state index in [4.69, 9.17) is 10.5 Å². The number of ether oxygens (including phenoxy) is 1. The summed E-state index contributed by atoms with van der Waals surface area (Å²) in [6, 6.07) is 22.5. The van der Waals surface area contributed by atoms with Crippen LogP contribution in [0.25, 0.3) is 10.8 Å². The Bertz CT molecular complexity index is 2020. The molecule has 1 saturated heterocycles. The Balaban J connectivity index is 0.000000501. The number of anilines is 1. The molecule has 1 aliphatic rings. The Morgan fingerprint density at radius 3 is 1.96 bits per heavy atom. The molecule has 2 heterocycles. The minimum absolute atomic E-state index is 0.0369. The number of Topliss-reactive ketones (excluding diaryl/α,β-unsaturated/α-hetero) is 2. The highest BCUT2D eigenvalue weighted by Gasteiger charge is 2.54. The second-order valence-corrected chi connectivity index (χ2v) is 13.7. The third kappa shape index (κ3) is 10.8. The molecule has 1 fully saturated rings. The number of carbonyl (C=O) groups is 5. The molecule has 1 aliphatic heterocycles. The molecule has 1 unspecified atom stereocenters. The van der Waals surface area contributed by atoms with Crippen molar-refractivity contribution >= 4 is 45.9 Å². The zero-order chi connectivity index (χ0) is 41.5. The van der Waals surface area contributed by atoms with E-state index < -0.39 is 52.9 Å². The van der Waals surface area contributed by atoms with E-state index in [9.17, 15) is 50.3 Å². The van der Waals surface area contributed by atoms with Gasteiger partial charge in [0, 0.05) is 19.3 Å². The lowest BCUT2D eigenvalue weighted by atomic mass is 9.88. The van der Waals surface area contributed by atoms with Gasteiger partial charge < -0.3 is 30.6 Å². The van der Waals surface area contributed by atoms with Crippen molar-refractivity contribution in [3.63, 3.8) is 0 Å². The number of hydrogen-bond acceptors (Lipinski definition) is 8. The zero-order valence-electron chi connectivity index (χ0n) is 30.5. The van der Waals surface area contributed by atoms with Gasteiger partial charge in [0.1, 0.15) is 11.6 Å². The van der Waals surface area contributed by atoms with E-state index in [-0.39, 0.29) is 24.9 Å². The molecule has 0 bridgehead atoms. The molecule has 0 spiro atoms. The molecule has 3 amide bonds. The van der Waals surface area contributed by atoms with Gasteiger partial charge in [0.25, 0.3) is 11.8 Å². The Labute approximate surface area is 317 Å². The summed E-state index contributed by atoms with van der Waals surface area (Å²) < 4.78 is 74.5. The molecule has 0 radical (unpaired) electrons. The van der Waals surface area contributed by atoms with Gasteiger partial charge in [-0.05, 0) is 61.6 Å². The number of imidazole rings is 1. The smallest absolute Gasteiger partial charge is 0.374 e. The number of carbonyl (C=O) groups excluding carboxylic acids is 5. The quantitative estimate of drug-likeness (QED) is 0.133. The molecule has 4 N–H and O–H groups in total. The molecule has 4 aromatic rings. The molecule has 56 heavy (non-hydrogen) atoms. The SMILES string of the molecule is CC(C)(N)C(=O)N[C@H](COCc1ccccc1)C(=O)Nc1cn(C(C)(C(=O)N2CCCC2)c2ccc3ccccc3c2)cn1.O=C(C(=O)C(F)(F)F)C(F)(F)F. The van der Waals surface area contributed by atoms with Gasteiger partial charge in [-0.15, -0.1) is 0 Å². The van der Waals surface area contributed by atoms with E-state index in [1.165, 1.54) is 0 Å². The lowest BCUT2D eigenvalue weighted by molar-refractivity contribution is -0.193. The number of nitrogens with one attached hydrogen (secondary N) is 2. The first-order valence-corrected chi connectivity index (χ1v) is 17.2. The number of ketones is 2. The van der Waals surface area contributed by atoms with Crippen LogP contribution in [0.2, 0.25) is 0 Å². The van der Waals surface area contributed by atoms with Crippen molar-refractivity contribution in [2.24, 2.45) is 5.73 Å². The number of benzene rings is 3.